The summed E-state index contributed by atoms with van der Waals surface area (Å²) >= 11 is 0. The lowest BCUT2D eigenvalue weighted by Gasteiger charge is -2.22. The molecule has 1 aromatic heterocycles. The lowest BCUT2D eigenvalue weighted by atomic mass is 10.1. The van der Waals surface area contributed by atoms with Crippen molar-refractivity contribution in [3.05, 3.63) is 53.4 Å². The molecule has 0 saturated carbocycles. The van der Waals surface area contributed by atoms with Gasteiger partial charge in [-0.05, 0) is 18.6 Å². The van der Waals surface area contributed by atoms with Crippen LogP contribution >= 0.6 is 0 Å². The lowest BCUT2D eigenvalue weighted by Crippen LogP contribution is -2.32. The number of rotatable bonds is 5. The molecule has 0 fully saturated rings. The number of hydrogen-bond acceptors (Lipinski definition) is 2. The minimum Gasteiger partial charge on any atom is -0.334 e. The van der Waals surface area contributed by atoms with Crippen LogP contribution in [0.25, 0.3) is 0 Å². The number of hydrogen-bond donors (Lipinski definition) is 0. The zero-order chi connectivity index (χ0) is 15.4. The van der Waals surface area contributed by atoms with Gasteiger partial charge in [-0.1, -0.05) is 13.0 Å². The van der Waals surface area contributed by atoms with Gasteiger partial charge in [-0.2, -0.15) is 5.10 Å². The predicted octanol–water partition coefficient (Wildman–Crippen LogP) is 2.75. The molecule has 0 saturated heterocycles. The van der Waals surface area contributed by atoms with E-state index in [2.05, 4.69) is 5.10 Å². The molecule has 1 aromatic carbocycles. The van der Waals surface area contributed by atoms with Gasteiger partial charge in [0.15, 0.2) is 0 Å². The summed E-state index contributed by atoms with van der Waals surface area (Å²) in [5, 5.41) is 4.03. The Bertz CT molecular complexity index is 619. The zero-order valence-electron chi connectivity index (χ0n) is 12.0. The van der Waals surface area contributed by atoms with Gasteiger partial charge in [0.25, 0.3) is 5.91 Å². The van der Waals surface area contributed by atoms with Crippen LogP contribution in [0.1, 0.15) is 29.3 Å². The molecule has 0 aliphatic rings. The second-order valence-corrected chi connectivity index (χ2v) is 4.85. The van der Waals surface area contributed by atoms with Crippen molar-refractivity contribution in [1.29, 1.82) is 0 Å². The van der Waals surface area contributed by atoms with E-state index in [1.807, 2.05) is 6.92 Å². The Morgan fingerprint density at radius 1 is 1.33 bits per heavy atom. The van der Waals surface area contributed by atoms with E-state index in [0.29, 0.717) is 13.0 Å². The Balaban J connectivity index is 2.27. The van der Waals surface area contributed by atoms with Gasteiger partial charge in [-0.25, -0.2) is 8.78 Å². The van der Waals surface area contributed by atoms with E-state index in [0.717, 1.165) is 17.7 Å². The first-order valence-electron chi connectivity index (χ1n) is 6.73. The van der Waals surface area contributed by atoms with Crippen LogP contribution < -0.4 is 0 Å². The standard InChI is InChI=1S/C15H17F2N3O/c1-3-7-20(10-11-8-18-19(2)9-11)15(21)14-12(16)5-4-6-13(14)17/h4-6,8-9H,3,7,10H2,1-2H3. The fourth-order valence-electron chi connectivity index (χ4n) is 2.16. The van der Waals surface area contributed by atoms with E-state index in [1.54, 1.807) is 24.1 Å². The van der Waals surface area contributed by atoms with Crippen LogP contribution in [0.5, 0.6) is 0 Å². The molecule has 0 atom stereocenters. The Morgan fingerprint density at radius 2 is 2.00 bits per heavy atom. The predicted molar refractivity (Wildman–Crippen MR) is 74.6 cm³/mol. The third kappa shape index (κ3) is 3.45. The van der Waals surface area contributed by atoms with Gasteiger partial charge in [0.2, 0.25) is 0 Å². The third-order valence-corrected chi connectivity index (χ3v) is 3.09. The molecule has 2 aromatic rings. The van der Waals surface area contributed by atoms with E-state index in [1.165, 1.54) is 11.0 Å². The summed E-state index contributed by atoms with van der Waals surface area (Å²) in [4.78, 5) is 13.8. The van der Waals surface area contributed by atoms with E-state index < -0.39 is 23.1 Å². The second kappa shape index (κ2) is 6.47. The third-order valence-electron chi connectivity index (χ3n) is 3.09. The zero-order valence-corrected chi connectivity index (χ0v) is 12.0. The number of nitrogens with zero attached hydrogens (tertiary/aromatic N) is 3. The minimum atomic E-state index is -0.840. The van der Waals surface area contributed by atoms with Crippen molar-refractivity contribution in [2.45, 2.75) is 19.9 Å². The maximum Gasteiger partial charge on any atom is 0.260 e. The smallest absolute Gasteiger partial charge is 0.260 e. The van der Waals surface area contributed by atoms with Crippen molar-refractivity contribution < 1.29 is 13.6 Å². The van der Waals surface area contributed by atoms with Gasteiger partial charge < -0.3 is 4.90 Å². The summed E-state index contributed by atoms with van der Waals surface area (Å²) in [5.74, 6) is -2.32. The van der Waals surface area contributed by atoms with Gasteiger partial charge in [-0.15, -0.1) is 0 Å². The molecule has 0 aliphatic heterocycles. The van der Waals surface area contributed by atoms with Gasteiger partial charge in [0.1, 0.15) is 17.2 Å². The molecule has 1 heterocycles. The topological polar surface area (TPSA) is 38.1 Å². The van der Waals surface area contributed by atoms with Crippen LogP contribution in [-0.4, -0.2) is 27.1 Å². The van der Waals surface area contributed by atoms with Gasteiger partial charge in [0.05, 0.1) is 6.20 Å². The van der Waals surface area contributed by atoms with Crippen molar-refractivity contribution in [2.75, 3.05) is 6.54 Å². The van der Waals surface area contributed by atoms with E-state index in [-0.39, 0.29) is 6.54 Å². The Morgan fingerprint density at radius 3 is 2.52 bits per heavy atom. The minimum absolute atomic E-state index is 0.272. The van der Waals surface area contributed by atoms with Gasteiger partial charge in [0, 0.05) is 31.9 Å². The highest BCUT2D eigenvalue weighted by atomic mass is 19.1. The lowest BCUT2D eigenvalue weighted by molar-refractivity contribution is 0.0733. The van der Waals surface area contributed by atoms with Crippen LogP contribution in [-0.2, 0) is 13.6 Å². The van der Waals surface area contributed by atoms with Crippen molar-refractivity contribution in [3.8, 4) is 0 Å². The number of benzene rings is 1. The fraction of sp³-hybridized carbons (Fsp3) is 0.333. The van der Waals surface area contributed by atoms with Crippen molar-refractivity contribution in [3.63, 3.8) is 0 Å². The van der Waals surface area contributed by atoms with Crippen LogP contribution in [0.15, 0.2) is 30.6 Å². The monoisotopic (exact) mass is 293 g/mol. The summed E-state index contributed by atoms with van der Waals surface area (Å²) in [6.07, 6.45) is 4.10. The van der Waals surface area contributed by atoms with Gasteiger partial charge >= 0.3 is 0 Å². The molecule has 0 unspecified atom stereocenters. The Kier molecular flexibility index (Phi) is 4.67. The maximum atomic E-state index is 13.7. The fourth-order valence-corrected chi connectivity index (χ4v) is 2.16. The van der Waals surface area contributed by atoms with Crippen molar-refractivity contribution >= 4 is 5.91 Å². The van der Waals surface area contributed by atoms with E-state index >= 15 is 0 Å². The molecule has 21 heavy (non-hydrogen) atoms. The largest absolute Gasteiger partial charge is 0.334 e. The average molecular weight is 293 g/mol. The molecule has 0 radical (unpaired) electrons. The van der Waals surface area contributed by atoms with E-state index in [9.17, 15) is 13.6 Å². The number of amides is 1. The first kappa shape index (κ1) is 15.2. The summed E-state index contributed by atoms with van der Waals surface area (Å²) in [5.41, 5.74) is 0.311. The van der Waals surface area contributed by atoms with Crippen LogP contribution in [0.4, 0.5) is 8.78 Å². The molecule has 0 spiro atoms. The summed E-state index contributed by atoms with van der Waals surface area (Å²) in [6, 6.07) is 3.42. The molecule has 2 rings (SSSR count). The Hall–Kier alpha value is -2.24. The highest BCUT2D eigenvalue weighted by Gasteiger charge is 2.23. The highest BCUT2D eigenvalue weighted by Crippen LogP contribution is 2.16. The van der Waals surface area contributed by atoms with E-state index in [4.69, 9.17) is 0 Å². The molecule has 0 N–H and O–H groups in total. The van der Waals surface area contributed by atoms with Crippen molar-refractivity contribution in [1.82, 2.24) is 14.7 Å². The Labute approximate surface area is 122 Å². The molecular formula is C15H17F2N3O. The molecule has 112 valence electrons. The van der Waals surface area contributed by atoms with Crippen LogP contribution in [0.3, 0.4) is 0 Å². The summed E-state index contributed by atoms with van der Waals surface area (Å²) in [7, 11) is 1.77. The summed E-state index contributed by atoms with van der Waals surface area (Å²) in [6.45, 7) is 2.59. The van der Waals surface area contributed by atoms with Crippen molar-refractivity contribution in [2.24, 2.45) is 7.05 Å². The average Bonchev–Trinajstić information content (AvgIpc) is 2.83. The number of aromatic nitrogens is 2. The molecule has 0 bridgehead atoms. The first-order chi connectivity index (χ1) is 10.0. The first-order valence-corrected chi connectivity index (χ1v) is 6.73. The molecule has 0 aliphatic carbocycles. The SMILES string of the molecule is CCCN(Cc1cnn(C)c1)C(=O)c1c(F)cccc1F. The normalized spacial score (nSPS) is 10.7. The molecule has 1 amide bonds. The van der Waals surface area contributed by atoms with Crippen LogP contribution in [0.2, 0.25) is 0 Å². The maximum absolute atomic E-state index is 13.7. The molecule has 6 heteroatoms. The van der Waals surface area contributed by atoms with Gasteiger partial charge in [-0.3, -0.25) is 9.48 Å². The number of carbonyl (C=O) groups excluding carboxylic acids is 1. The summed E-state index contributed by atoms with van der Waals surface area (Å²) < 4.78 is 29.1. The number of carbonyl (C=O) groups is 1. The van der Waals surface area contributed by atoms with Crippen LogP contribution in [0, 0.1) is 11.6 Å². The second-order valence-electron chi connectivity index (χ2n) is 4.85. The molecule has 4 nitrogen and oxygen atoms in total. The molecular weight excluding hydrogens is 276 g/mol. The highest BCUT2D eigenvalue weighted by molar-refractivity contribution is 5.94. The number of halogens is 2. The quantitative estimate of drug-likeness (QED) is 0.850. The number of aryl methyl sites for hydroxylation is 1.